The van der Waals surface area contributed by atoms with Crippen LogP contribution in [-0.2, 0) is 0 Å². The Morgan fingerprint density at radius 3 is 2.97 bits per heavy atom. The highest BCUT2D eigenvalue weighted by molar-refractivity contribution is 7.15. The zero-order valence-electron chi connectivity index (χ0n) is 16.7. The second-order valence-electron chi connectivity index (χ2n) is 8.38. The number of hydrogen-bond donors (Lipinski definition) is 2. The first-order valence-electron chi connectivity index (χ1n) is 9.86. The molecule has 2 bridgehead atoms. The van der Waals surface area contributed by atoms with E-state index in [-0.39, 0.29) is 23.2 Å². The minimum absolute atomic E-state index is 0.000875. The van der Waals surface area contributed by atoms with Crippen molar-refractivity contribution in [3.63, 3.8) is 0 Å². The SMILES string of the molecule is C=C(c1nnc(-c2cnc(-n3ncc(C)n3)cc2O)s1)[C@H]1C[C@]2(C)CCC(N2)[C@@H]1F. The van der Waals surface area contributed by atoms with Gasteiger partial charge in [0.2, 0.25) is 0 Å². The number of rotatable bonds is 4. The number of hydrogen-bond acceptors (Lipinski definition) is 8. The van der Waals surface area contributed by atoms with Crippen LogP contribution in [0.25, 0.3) is 22.0 Å². The van der Waals surface area contributed by atoms with Crippen molar-refractivity contribution in [2.75, 3.05) is 0 Å². The molecule has 156 valence electrons. The van der Waals surface area contributed by atoms with E-state index in [9.17, 15) is 5.11 Å². The summed E-state index contributed by atoms with van der Waals surface area (Å²) in [5, 5.41) is 31.7. The second-order valence-corrected chi connectivity index (χ2v) is 9.36. The maximum atomic E-state index is 15.0. The Bertz CT molecular complexity index is 1130. The summed E-state index contributed by atoms with van der Waals surface area (Å²) in [5.41, 5.74) is 1.82. The predicted octanol–water partition coefficient (Wildman–Crippen LogP) is 3.08. The molecule has 2 aliphatic heterocycles. The molecule has 3 aromatic rings. The van der Waals surface area contributed by atoms with Gasteiger partial charge in [-0.05, 0) is 38.7 Å². The number of aromatic hydroxyl groups is 1. The first-order chi connectivity index (χ1) is 14.3. The molecule has 5 heterocycles. The normalized spacial score (nSPS) is 28.0. The summed E-state index contributed by atoms with van der Waals surface area (Å²) in [5.74, 6) is 0.115. The van der Waals surface area contributed by atoms with Gasteiger partial charge in [-0.2, -0.15) is 10.2 Å². The summed E-state index contributed by atoms with van der Waals surface area (Å²) in [6, 6.07) is 1.35. The van der Waals surface area contributed by atoms with Crippen molar-refractivity contribution in [1.82, 2.24) is 35.5 Å². The highest BCUT2D eigenvalue weighted by Gasteiger charge is 2.49. The van der Waals surface area contributed by atoms with Crippen LogP contribution in [0.1, 0.15) is 36.9 Å². The lowest BCUT2D eigenvalue weighted by Crippen LogP contribution is -2.53. The van der Waals surface area contributed by atoms with E-state index in [0.29, 0.717) is 33.4 Å². The lowest BCUT2D eigenvalue weighted by molar-refractivity contribution is 0.135. The Morgan fingerprint density at radius 1 is 1.40 bits per heavy atom. The molecule has 0 amide bonds. The zero-order valence-corrected chi connectivity index (χ0v) is 17.5. The van der Waals surface area contributed by atoms with Gasteiger partial charge in [-0.15, -0.1) is 15.0 Å². The van der Waals surface area contributed by atoms with Gasteiger partial charge in [0, 0.05) is 29.8 Å². The highest BCUT2D eigenvalue weighted by Crippen LogP contribution is 2.45. The van der Waals surface area contributed by atoms with Gasteiger partial charge < -0.3 is 10.4 Å². The second kappa shape index (κ2) is 6.92. The summed E-state index contributed by atoms with van der Waals surface area (Å²) >= 11 is 1.28. The third kappa shape index (κ3) is 3.20. The number of nitrogens with zero attached hydrogens (tertiary/aromatic N) is 6. The van der Waals surface area contributed by atoms with Gasteiger partial charge in [0.25, 0.3) is 0 Å². The number of alkyl halides is 1. The van der Waals surface area contributed by atoms with Crippen molar-refractivity contribution in [3.8, 4) is 22.1 Å². The summed E-state index contributed by atoms with van der Waals surface area (Å²) in [6.45, 7) is 8.12. The van der Waals surface area contributed by atoms with E-state index in [1.165, 1.54) is 28.4 Å². The fourth-order valence-electron chi connectivity index (χ4n) is 4.44. The lowest BCUT2D eigenvalue weighted by atomic mass is 9.80. The topological polar surface area (TPSA) is 102 Å². The number of fused-ring (bicyclic) bond motifs is 2. The smallest absolute Gasteiger partial charge is 0.178 e. The van der Waals surface area contributed by atoms with Crippen molar-refractivity contribution in [2.45, 2.75) is 50.9 Å². The average Bonchev–Trinajstić information content (AvgIpc) is 3.44. The first-order valence-corrected chi connectivity index (χ1v) is 10.7. The van der Waals surface area contributed by atoms with Crippen molar-refractivity contribution >= 4 is 16.9 Å². The van der Waals surface area contributed by atoms with Crippen LogP contribution in [0.5, 0.6) is 5.75 Å². The molecular formula is C20H22FN7OS. The standard InChI is InChI=1S/C20H22FN7OS/c1-10-8-23-28(27-10)16-6-15(29)13(9-22-16)19-26-25-18(30-19)11(2)12-7-20(3)5-4-14(24-20)17(12)21/h6,8-9,12,14,17,24H,2,4-5,7H2,1,3H3,(H,22,29)/t12-,14?,17-,20+/m1/s1. The molecule has 10 heteroatoms. The average molecular weight is 428 g/mol. The van der Waals surface area contributed by atoms with E-state index in [1.807, 2.05) is 6.92 Å². The number of aromatic nitrogens is 6. The summed E-state index contributed by atoms with van der Waals surface area (Å²) in [4.78, 5) is 5.67. The third-order valence-corrected chi connectivity index (χ3v) is 7.07. The van der Waals surface area contributed by atoms with E-state index >= 15 is 4.39 Å². The van der Waals surface area contributed by atoms with E-state index in [0.717, 1.165) is 18.5 Å². The van der Waals surface area contributed by atoms with Crippen LogP contribution in [-0.4, -0.2) is 53.0 Å². The molecule has 2 fully saturated rings. The molecule has 0 saturated carbocycles. The van der Waals surface area contributed by atoms with Crippen molar-refractivity contribution < 1.29 is 9.50 Å². The Hall–Kier alpha value is -2.72. The van der Waals surface area contributed by atoms with Gasteiger partial charge in [0.1, 0.15) is 16.9 Å². The molecule has 8 nitrogen and oxygen atoms in total. The number of halogens is 1. The van der Waals surface area contributed by atoms with Gasteiger partial charge in [-0.3, -0.25) is 0 Å². The van der Waals surface area contributed by atoms with Crippen molar-refractivity contribution in [2.24, 2.45) is 5.92 Å². The molecule has 5 rings (SSSR count). The van der Waals surface area contributed by atoms with Crippen LogP contribution >= 0.6 is 11.3 Å². The van der Waals surface area contributed by atoms with Crippen LogP contribution in [0.4, 0.5) is 4.39 Å². The molecule has 2 N–H and O–H groups in total. The van der Waals surface area contributed by atoms with Crippen molar-refractivity contribution in [1.29, 1.82) is 0 Å². The van der Waals surface area contributed by atoms with E-state index in [2.05, 4.69) is 44.2 Å². The number of nitrogens with one attached hydrogen (secondary N) is 1. The van der Waals surface area contributed by atoms with Crippen LogP contribution in [0.15, 0.2) is 25.0 Å². The zero-order chi connectivity index (χ0) is 21.0. The van der Waals surface area contributed by atoms with E-state index in [4.69, 9.17) is 0 Å². The van der Waals surface area contributed by atoms with Crippen LogP contribution in [0, 0.1) is 12.8 Å². The Balaban J connectivity index is 1.40. The molecule has 0 aliphatic carbocycles. The quantitative estimate of drug-likeness (QED) is 0.660. The number of allylic oxidation sites excluding steroid dienone is 1. The summed E-state index contributed by atoms with van der Waals surface area (Å²) < 4.78 is 15.0. The van der Waals surface area contributed by atoms with Gasteiger partial charge in [-0.25, -0.2) is 9.37 Å². The summed E-state index contributed by atoms with van der Waals surface area (Å²) in [7, 11) is 0. The van der Waals surface area contributed by atoms with E-state index < -0.39 is 6.17 Å². The fraction of sp³-hybridized carbons (Fsp3) is 0.450. The van der Waals surface area contributed by atoms with E-state index in [1.54, 1.807) is 6.20 Å². The summed E-state index contributed by atoms with van der Waals surface area (Å²) in [6.07, 6.45) is 4.65. The fourth-order valence-corrected chi connectivity index (χ4v) is 5.33. The Labute approximate surface area is 176 Å². The van der Waals surface area contributed by atoms with Crippen LogP contribution in [0.2, 0.25) is 0 Å². The highest BCUT2D eigenvalue weighted by atomic mass is 32.1. The monoisotopic (exact) mass is 427 g/mol. The maximum Gasteiger partial charge on any atom is 0.178 e. The molecule has 0 spiro atoms. The molecule has 3 aromatic heterocycles. The third-order valence-electron chi connectivity index (χ3n) is 6.04. The van der Waals surface area contributed by atoms with Gasteiger partial charge >= 0.3 is 0 Å². The van der Waals surface area contributed by atoms with Gasteiger partial charge in [0.05, 0.1) is 17.5 Å². The minimum atomic E-state index is -0.986. The molecule has 0 radical (unpaired) electrons. The first kappa shape index (κ1) is 19.3. The van der Waals surface area contributed by atoms with Crippen LogP contribution < -0.4 is 5.32 Å². The van der Waals surface area contributed by atoms with Crippen LogP contribution in [0.3, 0.4) is 0 Å². The van der Waals surface area contributed by atoms with Gasteiger partial charge in [-0.1, -0.05) is 17.9 Å². The molecule has 4 atom stereocenters. The van der Waals surface area contributed by atoms with Crippen molar-refractivity contribution in [3.05, 3.63) is 35.7 Å². The molecular weight excluding hydrogens is 405 g/mol. The minimum Gasteiger partial charge on any atom is -0.507 e. The predicted molar refractivity (Wildman–Crippen MR) is 111 cm³/mol. The lowest BCUT2D eigenvalue weighted by Gasteiger charge is -2.39. The molecule has 30 heavy (non-hydrogen) atoms. The molecule has 2 aliphatic rings. The Morgan fingerprint density at radius 2 is 2.23 bits per heavy atom. The molecule has 1 unspecified atom stereocenters. The molecule has 2 saturated heterocycles. The Kier molecular flexibility index (Phi) is 4.44. The number of aryl methyl sites for hydroxylation is 1. The van der Waals surface area contributed by atoms with Gasteiger partial charge in [0.15, 0.2) is 10.8 Å². The number of pyridine rings is 1. The maximum absolute atomic E-state index is 15.0. The number of piperidine rings is 1. The largest absolute Gasteiger partial charge is 0.507 e. The molecule has 0 aromatic carbocycles.